The molecule has 1 heterocycles. The quantitative estimate of drug-likeness (QED) is 0.369. The molecule has 1 aliphatic heterocycles. The summed E-state index contributed by atoms with van der Waals surface area (Å²) in [5, 5.41) is 20.8. The summed E-state index contributed by atoms with van der Waals surface area (Å²) in [5.74, 6) is -0.568. The molecule has 170 valence electrons. The molecule has 0 unspecified atom stereocenters. The van der Waals surface area contributed by atoms with E-state index in [4.69, 9.17) is 9.47 Å². The first-order valence-corrected chi connectivity index (χ1v) is 10.5. The molecular formula is C25H29NO6. The molecule has 0 spiro atoms. The highest BCUT2D eigenvalue weighted by Crippen LogP contribution is 2.40. The number of aliphatic hydroxyl groups excluding tert-OH is 1. The van der Waals surface area contributed by atoms with E-state index in [0.29, 0.717) is 29.4 Å². The number of carbonyl (C=O) groups is 2. The van der Waals surface area contributed by atoms with E-state index in [2.05, 4.69) is 13.8 Å². The number of aliphatic hydroxyl groups is 1. The van der Waals surface area contributed by atoms with Gasteiger partial charge in [0, 0.05) is 19.2 Å². The number of phenols is 1. The van der Waals surface area contributed by atoms with E-state index in [1.165, 1.54) is 24.1 Å². The zero-order valence-corrected chi connectivity index (χ0v) is 18.8. The van der Waals surface area contributed by atoms with E-state index < -0.39 is 17.7 Å². The molecule has 1 fully saturated rings. The smallest absolute Gasteiger partial charge is 0.295 e. The van der Waals surface area contributed by atoms with Gasteiger partial charge >= 0.3 is 0 Å². The summed E-state index contributed by atoms with van der Waals surface area (Å²) in [6, 6.07) is 10.6. The number of likely N-dealkylation sites (tertiary alicyclic amines) is 1. The molecule has 1 amide bonds. The molecule has 2 N–H and O–H groups in total. The lowest BCUT2D eigenvalue weighted by molar-refractivity contribution is -0.140. The average molecular weight is 440 g/mol. The second-order valence-electron chi connectivity index (χ2n) is 8.26. The fraction of sp³-hybridized carbons (Fsp3) is 0.360. The number of phenolic OH excluding ortho intramolecular Hbond substituents is 1. The molecule has 7 heteroatoms. The number of hydrogen-bond donors (Lipinski definition) is 2. The number of ketones is 1. The van der Waals surface area contributed by atoms with Crippen molar-refractivity contribution in [3.8, 4) is 11.5 Å². The van der Waals surface area contributed by atoms with Crippen molar-refractivity contribution in [3.05, 3.63) is 64.7 Å². The van der Waals surface area contributed by atoms with Crippen LogP contribution in [0.4, 0.5) is 0 Å². The van der Waals surface area contributed by atoms with Crippen molar-refractivity contribution >= 4 is 17.4 Å². The second kappa shape index (κ2) is 9.87. The molecule has 0 aromatic heterocycles. The third-order valence-electron chi connectivity index (χ3n) is 5.31. The van der Waals surface area contributed by atoms with Crippen LogP contribution in [-0.2, 0) is 14.3 Å². The number of aryl methyl sites for hydroxylation is 1. The van der Waals surface area contributed by atoms with Crippen molar-refractivity contribution in [1.82, 2.24) is 4.90 Å². The molecule has 32 heavy (non-hydrogen) atoms. The topological polar surface area (TPSA) is 96.3 Å². The van der Waals surface area contributed by atoms with Crippen molar-refractivity contribution in [2.75, 3.05) is 26.9 Å². The van der Waals surface area contributed by atoms with Gasteiger partial charge in [-0.2, -0.15) is 0 Å². The van der Waals surface area contributed by atoms with E-state index in [-0.39, 0.29) is 30.2 Å². The zero-order chi connectivity index (χ0) is 23.4. The molecule has 2 aromatic rings. The van der Waals surface area contributed by atoms with Crippen LogP contribution in [0.5, 0.6) is 11.5 Å². The predicted molar refractivity (Wildman–Crippen MR) is 121 cm³/mol. The first kappa shape index (κ1) is 23.3. The third kappa shape index (κ3) is 4.78. The average Bonchev–Trinajstić information content (AvgIpc) is 3.01. The third-order valence-corrected chi connectivity index (χ3v) is 5.31. The number of hydrogen-bond acceptors (Lipinski definition) is 6. The molecule has 0 bridgehead atoms. The lowest BCUT2D eigenvalue weighted by atomic mass is 9.94. The lowest BCUT2D eigenvalue weighted by Gasteiger charge is -2.25. The van der Waals surface area contributed by atoms with Crippen LogP contribution in [0.2, 0.25) is 0 Å². The number of benzene rings is 2. The van der Waals surface area contributed by atoms with Crippen LogP contribution in [0.15, 0.2) is 48.0 Å². The highest BCUT2D eigenvalue weighted by molar-refractivity contribution is 6.46. The van der Waals surface area contributed by atoms with Gasteiger partial charge in [-0.3, -0.25) is 9.59 Å². The van der Waals surface area contributed by atoms with E-state index in [0.717, 1.165) is 5.56 Å². The normalized spacial score (nSPS) is 17.9. The number of ether oxygens (including phenoxy) is 2. The highest BCUT2D eigenvalue weighted by Gasteiger charge is 2.45. The Kier molecular flexibility index (Phi) is 7.20. The molecule has 1 atom stereocenters. The van der Waals surface area contributed by atoms with Crippen molar-refractivity contribution < 1.29 is 29.3 Å². The minimum absolute atomic E-state index is 0.00652. The standard InChI is InChI=1S/C25H29NO6/c1-15(2)14-32-20-10-7-18(13-16(20)3)23(28)21-22(17-5-8-19(27)9-6-17)26(11-12-31-4)25(30)24(21)29/h5-10,13,15,22,27-28H,11-12,14H2,1-4H3/t22-/m0/s1. The van der Waals surface area contributed by atoms with Gasteiger partial charge in [-0.05, 0) is 54.3 Å². The first-order chi connectivity index (χ1) is 15.2. The van der Waals surface area contributed by atoms with Gasteiger partial charge in [0.15, 0.2) is 0 Å². The van der Waals surface area contributed by atoms with Crippen molar-refractivity contribution in [3.63, 3.8) is 0 Å². The maximum Gasteiger partial charge on any atom is 0.295 e. The van der Waals surface area contributed by atoms with Crippen molar-refractivity contribution in [2.24, 2.45) is 5.92 Å². The van der Waals surface area contributed by atoms with Gasteiger partial charge in [0.2, 0.25) is 0 Å². The fourth-order valence-electron chi connectivity index (χ4n) is 3.67. The summed E-state index contributed by atoms with van der Waals surface area (Å²) in [6.07, 6.45) is 0. The molecule has 1 aliphatic rings. The minimum atomic E-state index is -0.789. The first-order valence-electron chi connectivity index (χ1n) is 10.5. The van der Waals surface area contributed by atoms with Gasteiger partial charge < -0.3 is 24.6 Å². The summed E-state index contributed by atoms with van der Waals surface area (Å²) in [5.41, 5.74) is 1.85. The van der Waals surface area contributed by atoms with Crippen LogP contribution in [0, 0.1) is 12.8 Å². The summed E-state index contributed by atoms with van der Waals surface area (Å²) in [4.78, 5) is 27.1. The fourth-order valence-corrected chi connectivity index (χ4v) is 3.67. The Hall–Kier alpha value is -3.32. The largest absolute Gasteiger partial charge is 0.508 e. The molecule has 0 saturated carbocycles. The Morgan fingerprint density at radius 1 is 1.12 bits per heavy atom. The van der Waals surface area contributed by atoms with Gasteiger partial charge in [0.25, 0.3) is 11.7 Å². The van der Waals surface area contributed by atoms with Gasteiger partial charge in [-0.25, -0.2) is 0 Å². The maximum absolute atomic E-state index is 12.9. The monoisotopic (exact) mass is 439 g/mol. The van der Waals surface area contributed by atoms with Crippen LogP contribution < -0.4 is 4.74 Å². The van der Waals surface area contributed by atoms with Gasteiger partial charge in [-0.1, -0.05) is 26.0 Å². The van der Waals surface area contributed by atoms with Crippen LogP contribution in [0.1, 0.15) is 36.6 Å². The molecule has 1 saturated heterocycles. The molecular weight excluding hydrogens is 410 g/mol. The number of Topliss-reactive ketones (excluding diaryl/α,β-unsaturated/α-hetero) is 1. The van der Waals surface area contributed by atoms with E-state index >= 15 is 0 Å². The summed E-state index contributed by atoms with van der Waals surface area (Å²) >= 11 is 0. The Morgan fingerprint density at radius 2 is 1.81 bits per heavy atom. The number of rotatable bonds is 8. The van der Waals surface area contributed by atoms with E-state index in [9.17, 15) is 19.8 Å². The summed E-state index contributed by atoms with van der Waals surface area (Å²) in [6.45, 7) is 6.97. The molecule has 7 nitrogen and oxygen atoms in total. The van der Waals surface area contributed by atoms with Crippen LogP contribution >= 0.6 is 0 Å². The number of nitrogens with zero attached hydrogens (tertiary/aromatic N) is 1. The Labute approximate surface area is 187 Å². The minimum Gasteiger partial charge on any atom is -0.508 e. The predicted octanol–water partition coefficient (Wildman–Crippen LogP) is 3.80. The molecule has 3 rings (SSSR count). The Morgan fingerprint density at radius 3 is 2.41 bits per heavy atom. The van der Waals surface area contributed by atoms with Crippen LogP contribution in [-0.4, -0.2) is 53.7 Å². The zero-order valence-electron chi connectivity index (χ0n) is 18.8. The molecule has 2 aromatic carbocycles. The second-order valence-corrected chi connectivity index (χ2v) is 8.26. The van der Waals surface area contributed by atoms with E-state index in [1.54, 1.807) is 30.3 Å². The van der Waals surface area contributed by atoms with Crippen molar-refractivity contribution in [2.45, 2.75) is 26.8 Å². The molecule has 0 radical (unpaired) electrons. The SMILES string of the molecule is COCCN1C(=O)C(=O)C(=C(O)c2ccc(OCC(C)C)c(C)c2)[C@@H]1c1ccc(O)cc1. The van der Waals surface area contributed by atoms with Gasteiger partial charge in [0.1, 0.15) is 17.3 Å². The number of methoxy groups -OCH3 is 1. The number of aromatic hydroxyl groups is 1. The maximum atomic E-state index is 12.9. The summed E-state index contributed by atoms with van der Waals surface area (Å²) in [7, 11) is 1.51. The molecule has 0 aliphatic carbocycles. The van der Waals surface area contributed by atoms with Gasteiger partial charge in [0.05, 0.1) is 24.8 Å². The van der Waals surface area contributed by atoms with Gasteiger partial charge in [-0.15, -0.1) is 0 Å². The Balaban J connectivity index is 2.06. The van der Waals surface area contributed by atoms with Crippen LogP contribution in [0.25, 0.3) is 5.76 Å². The Bertz CT molecular complexity index is 1030. The highest BCUT2D eigenvalue weighted by atomic mass is 16.5. The lowest BCUT2D eigenvalue weighted by Crippen LogP contribution is -2.32. The van der Waals surface area contributed by atoms with E-state index in [1.807, 2.05) is 6.92 Å². The number of carbonyl (C=O) groups excluding carboxylic acids is 2. The van der Waals surface area contributed by atoms with Crippen molar-refractivity contribution in [1.29, 1.82) is 0 Å². The summed E-state index contributed by atoms with van der Waals surface area (Å²) < 4.78 is 10.9. The number of amides is 1. The van der Waals surface area contributed by atoms with Crippen LogP contribution in [0.3, 0.4) is 0 Å².